The van der Waals surface area contributed by atoms with Crippen LogP contribution < -0.4 is 10.2 Å². The minimum absolute atomic E-state index is 0.219. The fourth-order valence-corrected chi connectivity index (χ4v) is 4.04. The molecule has 3 aromatic rings. The van der Waals surface area contributed by atoms with E-state index in [1.165, 1.54) is 6.21 Å². The zero-order valence-electron chi connectivity index (χ0n) is 14.9. The van der Waals surface area contributed by atoms with Crippen LogP contribution in [-0.2, 0) is 0 Å². The van der Waals surface area contributed by atoms with Gasteiger partial charge in [-0.1, -0.05) is 37.9 Å². The summed E-state index contributed by atoms with van der Waals surface area (Å²) in [6.45, 7) is 1.79. The van der Waals surface area contributed by atoms with Crippen molar-refractivity contribution >= 4 is 65.9 Å². The van der Waals surface area contributed by atoms with E-state index in [0.29, 0.717) is 15.6 Å². The number of esters is 1. The lowest BCUT2D eigenvalue weighted by molar-refractivity contribution is 0.0732. The molecule has 0 spiro atoms. The smallest absolute Gasteiger partial charge is 0.343 e. The fourth-order valence-electron chi connectivity index (χ4n) is 2.30. The van der Waals surface area contributed by atoms with E-state index >= 15 is 0 Å². The van der Waals surface area contributed by atoms with Gasteiger partial charge < -0.3 is 4.74 Å². The third-order valence-electron chi connectivity index (χ3n) is 3.60. The molecule has 2 N–H and O–H groups in total. The zero-order valence-corrected chi connectivity index (χ0v) is 19.6. The lowest BCUT2D eigenvalue weighted by atomic mass is 10.2. The van der Waals surface area contributed by atoms with Crippen molar-refractivity contribution in [1.29, 1.82) is 0 Å². The summed E-state index contributed by atoms with van der Waals surface area (Å²) in [6, 6.07) is 11.9. The van der Waals surface area contributed by atoms with Crippen molar-refractivity contribution in [2.45, 2.75) is 6.92 Å². The number of benzene rings is 2. The van der Waals surface area contributed by atoms with Crippen LogP contribution in [0.5, 0.6) is 5.75 Å². The van der Waals surface area contributed by atoms with Crippen molar-refractivity contribution in [2.75, 3.05) is 0 Å². The molecule has 0 aliphatic carbocycles. The molecule has 0 aliphatic heterocycles. The molecular formula is C19H13Br3N4O3. The molecule has 0 aliphatic rings. The lowest BCUT2D eigenvalue weighted by Crippen LogP contribution is -2.18. The van der Waals surface area contributed by atoms with Crippen LogP contribution in [0.2, 0.25) is 0 Å². The van der Waals surface area contributed by atoms with Gasteiger partial charge in [0.25, 0.3) is 5.91 Å². The van der Waals surface area contributed by atoms with Gasteiger partial charge in [-0.25, -0.2) is 10.2 Å². The summed E-state index contributed by atoms with van der Waals surface area (Å²) in [5, 5.41) is 10.5. The molecule has 0 unspecified atom stereocenters. The highest BCUT2D eigenvalue weighted by molar-refractivity contribution is 9.11. The normalized spacial score (nSPS) is 10.9. The Balaban J connectivity index is 1.81. The van der Waals surface area contributed by atoms with Crippen molar-refractivity contribution in [3.63, 3.8) is 0 Å². The van der Waals surface area contributed by atoms with Gasteiger partial charge in [0.05, 0.1) is 16.3 Å². The van der Waals surface area contributed by atoms with E-state index in [4.69, 9.17) is 4.74 Å². The molecule has 1 amide bonds. The number of H-pyrrole nitrogens is 1. The fraction of sp³-hybridized carbons (Fsp3) is 0.0526. The third-order valence-corrected chi connectivity index (χ3v) is 5.14. The molecule has 3 rings (SSSR count). The molecule has 1 heterocycles. The maximum Gasteiger partial charge on any atom is 0.343 e. The summed E-state index contributed by atoms with van der Waals surface area (Å²) < 4.78 is 7.62. The number of hydrogen-bond acceptors (Lipinski definition) is 5. The first-order valence-corrected chi connectivity index (χ1v) is 10.5. The molecule has 2 aromatic carbocycles. The number of aryl methyl sites for hydroxylation is 1. The number of nitrogens with zero attached hydrogens (tertiary/aromatic N) is 2. The SMILES string of the molecule is Cc1cc(C(=O)NN=Cc2cc(Br)cc(Br)c2OC(=O)c2cccc(Br)c2)n[nH]1. The number of aromatic nitrogens is 2. The Kier molecular flexibility index (Phi) is 6.99. The van der Waals surface area contributed by atoms with Crippen LogP contribution in [0.3, 0.4) is 0 Å². The second kappa shape index (κ2) is 9.47. The number of hydrazone groups is 1. The number of halogens is 3. The van der Waals surface area contributed by atoms with Gasteiger partial charge in [0.15, 0.2) is 11.4 Å². The molecule has 29 heavy (non-hydrogen) atoms. The predicted octanol–water partition coefficient (Wildman–Crippen LogP) is 4.99. The summed E-state index contributed by atoms with van der Waals surface area (Å²) in [5.74, 6) is -0.723. The van der Waals surface area contributed by atoms with Crippen LogP contribution in [0.4, 0.5) is 0 Å². The average molecular weight is 585 g/mol. The maximum absolute atomic E-state index is 12.5. The van der Waals surface area contributed by atoms with E-state index in [-0.39, 0.29) is 11.4 Å². The van der Waals surface area contributed by atoms with Crippen LogP contribution in [-0.4, -0.2) is 28.3 Å². The number of carbonyl (C=O) groups is 2. The third kappa shape index (κ3) is 5.62. The van der Waals surface area contributed by atoms with Gasteiger partial charge >= 0.3 is 5.97 Å². The summed E-state index contributed by atoms with van der Waals surface area (Å²) >= 11 is 10.1. The Morgan fingerprint density at radius 2 is 1.93 bits per heavy atom. The molecule has 1 aromatic heterocycles. The van der Waals surface area contributed by atoms with E-state index in [2.05, 4.69) is 68.5 Å². The Morgan fingerprint density at radius 1 is 1.14 bits per heavy atom. The maximum atomic E-state index is 12.5. The Morgan fingerprint density at radius 3 is 2.62 bits per heavy atom. The quantitative estimate of drug-likeness (QED) is 0.191. The molecule has 0 saturated heterocycles. The van der Waals surface area contributed by atoms with Crippen LogP contribution in [0.15, 0.2) is 61.0 Å². The summed E-state index contributed by atoms with van der Waals surface area (Å²) in [4.78, 5) is 24.6. The molecule has 0 radical (unpaired) electrons. The summed E-state index contributed by atoms with van der Waals surface area (Å²) in [6.07, 6.45) is 1.39. The van der Waals surface area contributed by atoms with Crippen LogP contribution in [0.25, 0.3) is 0 Å². The van der Waals surface area contributed by atoms with Crippen LogP contribution >= 0.6 is 47.8 Å². The second-order valence-corrected chi connectivity index (χ2v) is 8.53. The van der Waals surface area contributed by atoms with Crippen molar-refractivity contribution in [3.8, 4) is 5.75 Å². The van der Waals surface area contributed by atoms with E-state index in [9.17, 15) is 9.59 Å². The number of nitrogens with one attached hydrogen (secondary N) is 2. The molecule has 7 nitrogen and oxygen atoms in total. The van der Waals surface area contributed by atoms with Crippen molar-refractivity contribution in [3.05, 3.63) is 78.4 Å². The van der Waals surface area contributed by atoms with E-state index < -0.39 is 11.9 Å². The first-order valence-electron chi connectivity index (χ1n) is 8.15. The van der Waals surface area contributed by atoms with E-state index in [1.807, 2.05) is 6.07 Å². The van der Waals surface area contributed by atoms with Crippen LogP contribution in [0.1, 0.15) is 32.1 Å². The van der Waals surface area contributed by atoms with Gasteiger partial charge in [0.1, 0.15) is 0 Å². The Labute approximate surface area is 191 Å². The molecule has 0 bridgehead atoms. The first-order chi connectivity index (χ1) is 13.8. The molecule has 10 heteroatoms. The Bertz CT molecular complexity index is 1110. The average Bonchev–Trinajstić information content (AvgIpc) is 3.10. The minimum atomic E-state index is -0.528. The lowest BCUT2D eigenvalue weighted by Gasteiger charge is -2.10. The topological polar surface area (TPSA) is 96.4 Å². The molecule has 0 atom stereocenters. The van der Waals surface area contributed by atoms with Crippen molar-refractivity contribution in [2.24, 2.45) is 5.10 Å². The highest BCUT2D eigenvalue weighted by Gasteiger charge is 2.16. The monoisotopic (exact) mass is 582 g/mol. The number of rotatable bonds is 5. The van der Waals surface area contributed by atoms with Gasteiger partial charge in [0, 0.05) is 20.2 Å². The zero-order chi connectivity index (χ0) is 21.0. The molecule has 148 valence electrons. The van der Waals surface area contributed by atoms with Gasteiger partial charge in [0.2, 0.25) is 0 Å². The number of carbonyl (C=O) groups excluding carboxylic acids is 2. The van der Waals surface area contributed by atoms with E-state index in [1.54, 1.807) is 43.3 Å². The minimum Gasteiger partial charge on any atom is -0.421 e. The number of ether oxygens (including phenoxy) is 1. The van der Waals surface area contributed by atoms with Crippen molar-refractivity contribution in [1.82, 2.24) is 15.6 Å². The standard InChI is InChI=1S/C19H13Br3N4O3/c1-10-5-16(25-24-10)18(27)26-23-9-12-7-14(21)8-15(22)17(12)29-19(28)11-3-2-4-13(20)6-11/h2-9H,1H3,(H,24,25)(H,26,27). The number of amides is 1. The number of aromatic amines is 1. The van der Waals surface area contributed by atoms with E-state index in [0.717, 1.165) is 14.6 Å². The van der Waals surface area contributed by atoms with Gasteiger partial charge in [-0.05, 0) is 59.3 Å². The first kappa shape index (κ1) is 21.4. The van der Waals surface area contributed by atoms with Gasteiger partial charge in [-0.15, -0.1) is 0 Å². The highest BCUT2D eigenvalue weighted by atomic mass is 79.9. The predicted molar refractivity (Wildman–Crippen MR) is 119 cm³/mol. The van der Waals surface area contributed by atoms with Crippen LogP contribution in [0, 0.1) is 6.92 Å². The van der Waals surface area contributed by atoms with Gasteiger partial charge in [-0.3, -0.25) is 9.89 Å². The molecule has 0 fully saturated rings. The molecular weight excluding hydrogens is 572 g/mol. The number of hydrogen-bond donors (Lipinski definition) is 2. The van der Waals surface area contributed by atoms with Gasteiger partial charge in [-0.2, -0.15) is 10.2 Å². The van der Waals surface area contributed by atoms with Crippen molar-refractivity contribution < 1.29 is 14.3 Å². The largest absolute Gasteiger partial charge is 0.421 e. The summed E-state index contributed by atoms with van der Waals surface area (Å²) in [5.41, 5.74) is 4.24. The Hall–Kier alpha value is -2.30. The molecule has 0 saturated carbocycles. The highest BCUT2D eigenvalue weighted by Crippen LogP contribution is 2.32. The second-order valence-electron chi connectivity index (χ2n) is 5.84. The summed E-state index contributed by atoms with van der Waals surface area (Å²) in [7, 11) is 0.